The number of benzene rings is 1. The molecule has 0 amide bonds. The minimum absolute atomic E-state index is 0.192. The fourth-order valence-electron chi connectivity index (χ4n) is 1.04. The highest BCUT2D eigenvalue weighted by Gasteiger charge is 2.08. The molecule has 12 heavy (non-hydrogen) atoms. The summed E-state index contributed by atoms with van der Waals surface area (Å²) in [5.74, 6) is 1.38. The third-order valence-corrected chi connectivity index (χ3v) is 1.65. The maximum atomic E-state index is 10.6. The average molecular weight is 160 g/mol. The summed E-state index contributed by atoms with van der Waals surface area (Å²) in [6, 6.07) is 4.98. The number of carboxylic acid groups (broad SMARTS) is 1. The first-order valence-corrected chi connectivity index (χ1v) is 3.46. The van der Waals surface area contributed by atoms with Crippen LogP contribution in [0.5, 0.6) is 0 Å². The summed E-state index contributed by atoms with van der Waals surface area (Å²) < 4.78 is 0. The van der Waals surface area contributed by atoms with E-state index in [9.17, 15) is 4.79 Å². The van der Waals surface area contributed by atoms with Crippen molar-refractivity contribution in [2.75, 3.05) is 0 Å². The van der Waals surface area contributed by atoms with E-state index in [4.69, 9.17) is 11.5 Å². The van der Waals surface area contributed by atoms with Gasteiger partial charge in [-0.05, 0) is 18.6 Å². The van der Waals surface area contributed by atoms with Crippen LogP contribution in [0.15, 0.2) is 18.2 Å². The van der Waals surface area contributed by atoms with Gasteiger partial charge in [-0.3, -0.25) is 0 Å². The van der Waals surface area contributed by atoms with Crippen LogP contribution < -0.4 is 0 Å². The molecule has 1 rings (SSSR count). The lowest BCUT2D eigenvalue weighted by Crippen LogP contribution is -2.01. The molecule has 0 aliphatic rings. The van der Waals surface area contributed by atoms with Crippen LogP contribution in [0.1, 0.15) is 21.5 Å². The molecule has 0 heterocycles. The molecule has 0 radical (unpaired) electrons. The number of aromatic carboxylic acids is 1. The third-order valence-electron chi connectivity index (χ3n) is 1.65. The van der Waals surface area contributed by atoms with E-state index in [1.54, 1.807) is 19.1 Å². The number of rotatable bonds is 1. The smallest absolute Gasteiger partial charge is 0.336 e. The lowest BCUT2D eigenvalue weighted by atomic mass is 10.0. The van der Waals surface area contributed by atoms with Gasteiger partial charge in [-0.1, -0.05) is 18.1 Å². The summed E-state index contributed by atoms with van der Waals surface area (Å²) >= 11 is 0. The number of hydrogen-bond acceptors (Lipinski definition) is 1. The van der Waals surface area contributed by atoms with E-state index in [0.717, 1.165) is 5.56 Å². The fourth-order valence-corrected chi connectivity index (χ4v) is 1.04. The van der Waals surface area contributed by atoms with E-state index in [-0.39, 0.29) is 5.56 Å². The SMILES string of the molecule is C#Cc1c(C)cccc1C(=O)O. The van der Waals surface area contributed by atoms with Crippen molar-refractivity contribution in [3.8, 4) is 12.3 Å². The molecule has 0 saturated carbocycles. The molecule has 60 valence electrons. The molecule has 0 aliphatic carbocycles. The molecule has 0 saturated heterocycles. The van der Waals surface area contributed by atoms with Crippen LogP contribution in [-0.2, 0) is 0 Å². The molecular weight excluding hydrogens is 152 g/mol. The van der Waals surface area contributed by atoms with Crippen LogP contribution in [-0.4, -0.2) is 11.1 Å². The lowest BCUT2D eigenvalue weighted by molar-refractivity contribution is 0.0696. The topological polar surface area (TPSA) is 37.3 Å². The second-order valence-corrected chi connectivity index (χ2v) is 2.45. The van der Waals surface area contributed by atoms with E-state index < -0.39 is 5.97 Å². The van der Waals surface area contributed by atoms with E-state index in [0.29, 0.717) is 5.56 Å². The van der Waals surface area contributed by atoms with Crippen LogP contribution in [0.25, 0.3) is 0 Å². The van der Waals surface area contributed by atoms with Crippen LogP contribution in [0, 0.1) is 19.3 Å². The van der Waals surface area contributed by atoms with E-state index in [1.807, 2.05) is 0 Å². The van der Waals surface area contributed by atoms with Gasteiger partial charge in [0.25, 0.3) is 0 Å². The third kappa shape index (κ3) is 1.30. The molecule has 0 aromatic heterocycles. The molecule has 2 nitrogen and oxygen atoms in total. The lowest BCUT2D eigenvalue weighted by Gasteiger charge is -2.01. The summed E-state index contributed by atoms with van der Waals surface area (Å²) in [5, 5.41) is 8.73. The number of hydrogen-bond donors (Lipinski definition) is 1. The number of aryl methyl sites for hydroxylation is 1. The zero-order valence-corrected chi connectivity index (χ0v) is 6.66. The van der Waals surface area contributed by atoms with Gasteiger partial charge in [0.1, 0.15) is 0 Å². The number of terminal acetylenes is 1. The van der Waals surface area contributed by atoms with E-state index in [1.165, 1.54) is 6.07 Å². The number of carbonyl (C=O) groups is 1. The maximum Gasteiger partial charge on any atom is 0.336 e. The molecule has 0 bridgehead atoms. The Kier molecular flexibility index (Phi) is 2.16. The summed E-state index contributed by atoms with van der Waals surface area (Å²) in [4.78, 5) is 10.6. The molecule has 1 aromatic carbocycles. The second-order valence-electron chi connectivity index (χ2n) is 2.45. The largest absolute Gasteiger partial charge is 0.478 e. The first-order valence-electron chi connectivity index (χ1n) is 3.46. The molecule has 1 N–H and O–H groups in total. The van der Waals surface area contributed by atoms with Gasteiger partial charge in [0.2, 0.25) is 0 Å². The molecule has 0 spiro atoms. The first-order chi connectivity index (χ1) is 5.66. The molecular formula is C10H8O2. The van der Waals surface area contributed by atoms with Crippen molar-refractivity contribution in [2.45, 2.75) is 6.92 Å². The Morgan fingerprint density at radius 1 is 1.58 bits per heavy atom. The predicted octanol–water partition coefficient (Wildman–Crippen LogP) is 1.67. The van der Waals surface area contributed by atoms with Gasteiger partial charge < -0.3 is 5.11 Å². The maximum absolute atomic E-state index is 10.6. The van der Waals surface area contributed by atoms with Gasteiger partial charge in [-0.15, -0.1) is 6.42 Å². The standard InChI is InChI=1S/C10H8O2/c1-3-8-7(2)5-4-6-9(8)10(11)12/h1,4-6H,2H3,(H,11,12). The first kappa shape index (κ1) is 8.35. The Bertz CT molecular complexity index is 359. The minimum Gasteiger partial charge on any atom is -0.478 e. The van der Waals surface area contributed by atoms with Crippen molar-refractivity contribution in [1.82, 2.24) is 0 Å². The molecule has 0 unspecified atom stereocenters. The highest BCUT2D eigenvalue weighted by Crippen LogP contribution is 2.12. The van der Waals surface area contributed by atoms with Crippen LogP contribution in [0.3, 0.4) is 0 Å². The quantitative estimate of drug-likeness (QED) is 0.634. The van der Waals surface area contributed by atoms with Gasteiger partial charge in [-0.2, -0.15) is 0 Å². The minimum atomic E-state index is -0.980. The molecule has 1 aromatic rings. The monoisotopic (exact) mass is 160 g/mol. The van der Waals surface area contributed by atoms with Gasteiger partial charge in [-0.25, -0.2) is 4.79 Å². The Morgan fingerprint density at radius 3 is 2.67 bits per heavy atom. The summed E-state index contributed by atoms with van der Waals surface area (Å²) in [6.07, 6.45) is 5.18. The van der Waals surface area contributed by atoms with Gasteiger partial charge in [0.05, 0.1) is 5.56 Å². The Morgan fingerprint density at radius 2 is 2.25 bits per heavy atom. The highest BCUT2D eigenvalue weighted by molar-refractivity contribution is 5.91. The van der Waals surface area contributed by atoms with Crippen molar-refractivity contribution in [1.29, 1.82) is 0 Å². The molecule has 2 heteroatoms. The van der Waals surface area contributed by atoms with Crippen molar-refractivity contribution >= 4 is 5.97 Å². The number of carboxylic acids is 1. The predicted molar refractivity (Wildman–Crippen MR) is 46.1 cm³/mol. The van der Waals surface area contributed by atoms with E-state index >= 15 is 0 Å². The normalized spacial score (nSPS) is 9.00. The van der Waals surface area contributed by atoms with E-state index in [2.05, 4.69) is 5.92 Å². The van der Waals surface area contributed by atoms with Crippen LogP contribution in [0.2, 0.25) is 0 Å². The second kappa shape index (κ2) is 3.10. The highest BCUT2D eigenvalue weighted by atomic mass is 16.4. The Balaban J connectivity index is 3.40. The summed E-state index contributed by atoms with van der Waals surface area (Å²) in [5.41, 5.74) is 1.47. The van der Waals surface area contributed by atoms with Crippen molar-refractivity contribution in [3.63, 3.8) is 0 Å². The van der Waals surface area contributed by atoms with Crippen molar-refractivity contribution < 1.29 is 9.90 Å². The van der Waals surface area contributed by atoms with Gasteiger partial charge in [0.15, 0.2) is 0 Å². The van der Waals surface area contributed by atoms with Crippen LogP contribution in [0.4, 0.5) is 0 Å². The Hall–Kier alpha value is -1.75. The zero-order valence-electron chi connectivity index (χ0n) is 6.66. The Labute approximate surface area is 70.8 Å². The van der Waals surface area contributed by atoms with Gasteiger partial charge >= 0.3 is 5.97 Å². The zero-order chi connectivity index (χ0) is 9.14. The average Bonchev–Trinajstić information content (AvgIpc) is 2.03. The van der Waals surface area contributed by atoms with Gasteiger partial charge in [0, 0.05) is 5.56 Å². The molecule has 0 fully saturated rings. The summed E-state index contributed by atoms with van der Waals surface area (Å²) in [7, 11) is 0. The summed E-state index contributed by atoms with van der Waals surface area (Å²) in [6.45, 7) is 1.79. The molecule has 0 aliphatic heterocycles. The van der Waals surface area contributed by atoms with Crippen LogP contribution >= 0.6 is 0 Å². The molecule has 0 atom stereocenters. The fraction of sp³-hybridized carbons (Fsp3) is 0.100. The van der Waals surface area contributed by atoms with Crippen molar-refractivity contribution in [3.05, 3.63) is 34.9 Å². The van der Waals surface area contributed by atoms with Crippen molar-refractivity contribution in [2.24, 2.45) is 0 Å².